The highest BCUT2D eigenvalue weighted by molar-refractivity contribution is 7.59. The average molecular weight is 287 g/mol. The van der Waals surface area contributed by atoms with Crippen LogP contribution in [0.4, 0.5) is 0 Å². The predicted octanol–water partition coefficient (Wildman–Crippen LogP) is 2.91. The molecular formula is C14H26N2S2. The zero-order chi connectivity index (χ0) is 11.6. The summed E-state index contributed by atoms with van der Waals surface area (Å²) in [6.07, 6.45) is 4.26. The second-order valence-corrected chi connectivity index (χ2v) is 6.94. The van der Waals surface area contributed by atoms with Gasteiger partial charge in [-0.25, -0.2) is 0 Å². The molecule has 0 radical (unpaired) electrons. The van der Waals surface area contributed by atoms with Gasteiger partial charge in [0.15, 0.2) is 0 Å². The standard InChI is InChI=1S/2C7H11N.2H2S/c2*1-7(2)5-3-8-4-6(5)7;;/h2*3,5-6H,4H2,1-2H3;2*1H2/t2*5-,6+;;/m10../s1. The van der Waals surface area contributed by atoms with Crippen molar-refractivity contribution in [3.63, 3.8) is 0 Å². The van der Waals surface area contributed by atoms with Crippen molar-refractivity contribution in [2.45, 2.75) is 27.7 Å². The van der Waals surface area contributed by atoms with Crippen LogP contribution in [0, 0.1) is 34.5 Å². The van der Waals surface area contributed by atoms with E-state index in [1.54, 1.807) is 0 Å². The quantitative estimate of drug-likeness (QED) is 0.654. The lowest BCUT2D eigenvalue weighted by atomic mass is 10.1. The summed E-state index contributed by atoms with van der Waals surface area (Å²) in [4.78, 5) is 8.37. The van der Waals surface area contributed by atoms with Crippen LogP contribution >= 0.6 is 27.0 Å². The molecule has 4 aliphatic rings. The van der Waals surface area contributed by atoms with E-state index >= 15 is 0 Å². The maximum atomic E-state index is 4.18. The zero-order valence-corrected chi connectivity index (χ0v) is 13.8. The molecule has 0 aromatic heterocycles. The second-order valence-electron chi connectivity index (χ2n) is 6.94. The minimum Gasteiger partial charge on any atom is -0.297 e. The van der Waals surface area contributed by atoms with Gasteiger partial charge in [0.1, 0.15) is 0 Å². The first-order valence-electron chi connectivity index (χ1n) is 6.45. The number of aliphatic imine (C=N–C) groups is 2. The molecule has 2 fully saturated rings. The van der Waals surface area contributed by atoms with Crippen LogP contribution in [0.3, 0.4) is 0 Å². The predicted molar refractivity (Wildman–Crippen MR) is 89.0 cm³/mol. The molecule has 2 aliphatic heterocycles. The van der Waals surface area contributed by atoms with Gasteiger partial charge in [-0.1, -0.05) is 27.7 Å². The fraction of sp³-hybridized carbons (Fsp3) is 0.857. The Bertz CT molecular complexity index is 338. The van der Waals surface area contributed by atoms with Crippen LogP contribution in [0.1, 0.15) is 27.7 Å². The first-order chi connectivity index (χ1) is 7.45. The first-order valence-corrected chi connectivity index (χ1v) is 6.45. The number of hydrogen-bond donors (Lipinski definition) is 0. The maximum absolute atomic E-state index is 4.18. The van der Waals surface area contributed by atoms with Crippen molar-refractivity contribution in [3.05, 3.63) is 0 Å². The molecule has 2 heterocycles. The van der Waals surface area contributed by atoms with Gasteiger partial charge in [0.25, 0.3) is 0 Å². The molecule has 0 unspecified atom stereocenters. The summed E-state index contributed by atoms with van der Waals surface area (Å²) in [5.74, 6) is 3.48. The first kappa shape index (κ1) is 16.1. The fourth-order valence-corrected chi connectivity index (χ4v) is 3.44. The van der Waals surface area contributed by atoms with E-state index in [0.29, 0.717) is 10.8 Å². The molecular weight excluding hydrogens is 260 g/mol. The number of fused-ring (bicyclic) bond motifs is 2. The summed E-state index contributed by atoms with van der Waals surface area (Å²) in [5.41, 5.74) is 1.23. The van der Waals surface area contributed by atoms with Gasteiger partial charge in [-0.2, -0.15) is 27.0 Å². The van der Waals surface area contributed by atoms with E-state index in [1.165, 1.54) is 0 Å². The molecule has 2 nitrogen and oxygen atoms in total. The number of nitrogens with zero attached hydrogens (tertiary/aromatic N) is 2. The Morgan fingerprint density at radius 3 is 1.22 bits per heavy atom. The summed E-state index contributed by atoms with van der Waals surface area (Å²) in [7, 11) is 0. The zero-order valence-electron chi connectivity index (χ0n) is 11.8. The van der Waals surface area contributed by atoms with Gasteiger partial charge >= 0.3 is 0 Å². The third-order valence-corrected chi connectivity index (χ3v) is 5.41. The lowest BCUT2D eigenvalue weighted by Gasteiger charge is -2.00. The summed E-state index contributed by atoms with van der Waals surface area (Å²) >= 11 is 0. The van der Waals surface area contributed by atoms with Crippen LogP contribution in [0.25, 0.3) is 0 Å². The van der Waals surface area contributed by atoms with Crippen LogP contribution in [0.5, 0.6) is 0 Å². The summed E-state index contributed by atoms with van der Waals surface area (Å²) in [6.45, 7) is 11.5. The van der Waals surface area contributed by atoms with Gasteiger partial charge in [0.2, 0.25) is 0 Å². The van der Waals surface area contributed by atoms with E-state index in [1.807, 2.05) is 0 Å². The van der Waals surface area contributed by atoms with Gasteiger partial charge in [-0.15, -0.1) is 0 Å². The Morgan fingerprint density at radius 1 is 0.778 bits per heavy atom. The topological polar surface area (TPSA) is 24.7 Å². The lowest BCUT2D eigenvalue weighted by Crippen LogP contribution is -1.96. The van der Waals surface area contributed by atoms with E-state index in [0.717, 1.165) is 36.8 Å². The molecule has 18 heavy (non-hydrogen) atoms. The molecule has 0 N–H and O–H groups in total. The van der Waals surface area contributed by atoms with Crippen molar-refractivity contribution in [1.82, 2.24) is 0 Å². The van der Waals surface area contributed by atoms with Crippen molar-refractivity contribution >= 4 is 39.4 Å². The Balaban J connectivity index is 0.000000162. The van der Waals surface area contributed by atoms with Crippen molar-refractivity contribution in [3.8, 4) is 0 Å². The monoisotopic (exact) mass is 286 g/mol. The van der Waals surface area contributed by atoms with E-state index in [2.05, 4.69) is 50.1 Å². The van der Waals surface area contributed by atoms with Crippen molar-refractivity contribution in [2.75, 3.05) is 13.1 Å². The highest BCUT2D eigenvalue weighted by Gasteiger charge is 2.59. The molecule has 0 aromatic rings. The van der Waals surface area contributed by atoms with Crippen LogP contribution in [0.2, 0.25) is 0 Å². The molecule has 0 spiro atoms. The SMILES string of the molecule is CC1(C)[C@@H]2C=NC[C@@H]21.CC1(C)[C@@H]2CN=C[C@@H]21.S.S. The van der Waals surface area contributed by atoms with Gasteiger partial charge in [0.05, 0.1) is 0 Å². The molecule has 2 saturated carbocycles. The fourth-order valence-electron chi connectivity index (χ4n) is 3.44. The number of rotatable bonds is 0. The van der Waals surface area contributed by atoms with Gasteiger partial charge in [0, 0.05) is 37.4 Å². The molecule has 4 rings (SSSR count). The molecule has 0 aromatic carbocycles. The Morgan fingerprint density at radius 2 is 1.11 bits per heavy atom. The van der Waals surface area contributed by atoms with Crippen molar-refractivity contribution in [2.24, 2.45) is 44.5 Å². The molecule has 0 bridgehead atoms. The van der Waals surface area contributed by atoms with Crippen molar-refractivity contribution in [1.29, 1.82) is 0 Å². The van der Waals surface area contributed by atoms with Crippen LogP contribution in [-0.4, -0.2) is 25.5 Å². The summed E-state index contributed by atoms with van der Waals surface area (Å²) in [6, 6.07) is 0. The third kappa shape index (κ3) is 2.26. The van der Waals surface area contributed by atoms with Crippen LogP contribution < -0.4 is 0 Å². The minimum absolute atomic E-state index is 0. The molecule has 2 aliphatic carbocycles. The summed E-state index contributed by atoms with van der Waals surface area (Å²) in [5, 5.41) is 0. The maximum Gasteiger partial charge on any atom is 0.0425 e. The Labute approximate surface area is 125 Å². The smallest absolute Gasteiger partial charge is 0.0425 e. The molecule has 0 amide bonds. The lowest BCUT2D eigenvalue weighted by molar-refractivity contribution is 0.552. The Hall–Kier alpha value is 0.0400. The van der Waals surface area contributed by atoms with E-state index in [-0.39, 0.29) is 27.0 Å². The second kappa shape index (κ2) is 4.86. The highest BCUT2D eigenvalue weighted by Crippen LogP contribution is 2.59. The largest absolute Gasteiger partial charge is 0.297 e. The van der Waals surface area contributed by atoms with Crippen molar-refractivity contribution < 1.29 is 0 Å². The molecule has 104 valence electrons. The molecule has 4 atom stereocenters. The number of hydrogen-bond acceptors (Lipinski definition) is 2. The van der Waals surface area contributed by atoms with Gasteiger partial charge in [-0.3, -0.25) is 9.98 Å². The van der Waals surface area contributed by atoms with Gasteiger partial charge < -0.3 is 0 Å². The Kier molecular flexibility index (Phi) is 4.34. The highest BCUT2D eigenvalue weighted by atomic mass is 32.1. The third-order valence-electron chi connectivity index (χ3n) is 5.41. The molecule has 0 saturated heterocycles. The van der Waals surface area contributed by atoms with Crippen LogP contribution in [0.15, 0.2) is 9.98 Å². The summed E-state index contributed by atoms with van der Waals surface area (Å²) < 4.78 is 0. The minimum atomic E-state index is 0. The molecule has 4 heteroatoms. The van der Waals surface area contributed by atoms with E-state index in [4.69, 9.17) is 0 Å². The average Bonchev–Trinajstić information content (AvgIpc) is 2.90. The van der Waals surface area contributed by atoms with Crippen LogP contribution in [-0.2, 0) is 0 Å². The van der Waals surface area contributed by atoms with E-state index in [9.17, 15) is 0 Å². The van der Waals surface area contributed by atoms with Gasteiger partial charge in [-0.05, 0) is 22.7 Å². The van der Waals surface area contributed by atoms with E-state index < -0.39 is 0 Å². The normalized spacial score (nSPS) is 41.6.